The molecule has 0 bridgehead atoms. The van der Waals surface area contributed by atoms with Crippen molar-refractivity contribution in [2.75, 3.05) is 0 Å². The van der Waals surface area contributed by atoms with Gasteiger partial charge in [-0.1, -0.05) is 33.6 Å². The zero-order chi connectivity index (χ0) is 8.01. The molecular formula is C11H20. The molecule has 0 aromatic carbocycles. The molecule has 0 amide bonds. The highest BCUT2D eigenvalue weighted by Crippen LogP contribution is 2.58. The summed E-state index contributed by atoms with van der Waals surface area (Å²) in [5.41, 5.74) is 0. The molecular weight excluding hydrogens is 132 g/mol. The summed E-state index contributed by atoms with van der Waals surface area (Å²) >= 11 is 0. The minimum Gasteiger partial charge on any atom is -0.0651 e. The highest BCUT2D eigenvalue weighted by atomic mass is 14.6. The predicted octanol–water partition coefficient (Wildman–Crippen LogP) is 3.32. The van der Waals surface area contributed by atoms with E-state index < -0.39 is 0 Å². The summed E-state index contributed by atoms with van der Waals surface area (Å²) in [6, 6.07) is 0. The van der Waals surface area contributed by atoms with Crippen molar-refractivity contribution >= 4 is 0 Å². The third-order valence-electron chi connectivity index (χ3n) is 4.41. The van der Waals surface area contributed by atoms with E-state index in [1.165, 1.54) is 19.3 Å². The summed E-state index contributed by atoms with van der Waals surface area (Å²) in [5, 5.41) is 0. The van der Waals surface area contributed by atoms with Crippen LogP contribution in [0.2, 0.25) is 0 Å². The predicted molar refractivity (Wildman–Crippen MR) is 48.3 cm³/mol. The van der Waals surface area contributed by atoms with Gasteiger partial charge in [0.1, 0.15) is 0 Å². The van der Waals surface area contributed by atoms with Gasteiger partial charge in [0.2, 0.25) is 0 Å². The zero-order valence-electron chi connectivity index (χ0n) is 8.01. The molecule has 2 fully saturated rings. The molecule has 0 aromatic rings. The van der Waals surface area contributed by atoms with Crippen LogP contribution in [0.1, 0.15) is 40.0 Å². The second-order valence-corrected chi connectivity index (χ2v) is 4.73. The van der Waals surface area contributed by atoms with Crippen LogP contribution in [-0.4, -0.2) is 0 Å². The Morgan fingerprint density at radius 2 is 1.91 bits per heavy atom. The van der Waals surface area contributed by atoms with E-state index in [2.05, 4.69) is 20.8 Å². The topological polar surface area (TPSA) is 0 Å². The summed E-state index contributed by atoms with van der Waals surface area (Å²) in [4.78, 5) is 0. The normalized spacial score (nSPS) is 55.4. The van der Waals surface area contributed by atoms with Gasteiger partial charge in [0.15, 0.2) is 0 Å². The summed E-state index contributed by atoms with van der Waals surface area (Å²) in [6.45, 7) is 7.28. The molecule has 0 aliphatic heterocycles. The van der Waals surface area contributed by atoms with E-state index in [9.17, 15) is 0 Å². The molecule has 5 unspecified atom stereocenters. The molecule has 11 heavy (non-hydrogen) atoms. The zero-order valence-corrected chi connectivity index (χ0v) is 8.01. The number of hydrogen-bond acceptors (Lipinski definition) is 0. The van der Waals surface area contributed by atoms with Crippen LogP contribution < -0.4 is 0 Å². The summed E-state index contributed by atoms with van der Waals surface area (Å²) in [6.07, 6.45) is 4.47. The molecule has 0 heterocycles. The first kappa shape index (κ1) is 7.64. The molecule has 0 aromatic heterocycles. The van der Waals surface area contributed by atoms with E-state index >= 15 is 0 Å². The van der Waals surface area contributed by atoms with Gasteiger partial charge >= 0.3 is 0 Å². The van der Waals surface area contributed by atoms with Crippen LogP contribution >= 0.6 is 0 Å². The lowest BCUT2D eigenvalue weighted by Gasteiger charge is -2.49. The van der Waals surface area contributed by atoms with Crippen molar-refractivity contribution in [2.45, 2.75) is 40.0 Å². The average Bonchev–Trinajstić information content (AvgIpc) is 2.28. The fourth-order valence-corrected chi connectivity index (χ4v) is 3.87. The van der Waals surface area contributed by atoms with Crippen molar-refractivity contribution in [1.29, 1.82) is 0 Å². The Balaban J connectivity index is 2.04. The molecule has 2 aliphatic rings. The molecule has 2 rings (SSSR count). The van der Waals surface area contributed by atoms with Crippen LogP contribution in [0, 0.1) is 29.6 Å². The van der Waals surface area contributed by atoms with Gasteiger partial charge in [-0.2, -0.15) is 0 Å². The van der Waals surface area contributed by atoms with Crippen molar-refractivity contribution in [2.24, 2.45) is 29.6 Å². The second-order valence-electron chi connectivity index (χ2n) is 4.73. The largest absolute Gasteiger partial charge is 0.0651 e. The Morgan fingerprint density at radius 3 is 2.55 bits per heavy atom. The Hall–Kier alpha value is 0. The van der Waals surface area contributed by atoms with Crippen LogP contribution in [0.25, 0.3) is 0 Å². The van der Waals surface area contributed by atoms with Crippen molar-refractivity contribution in [3.63, 3.8) is 0 Å². The summed E-state index contributed by atoms with van der Waals surface area (Å²) in [7, 11) is 0. The monoisotopic (exact) mass is 152 g/mol. The Kier molecular flexibility index (Phi) is 1.74. The van der Waals surface area contributed by atoms with E-state index in [1.54, 1.807) is 0 Å². The van der Waals surface area contributed by atoms with Crippen molar-refractivity contribution < 1.29 is 0 Å². The molecule has 0 radical (unpaired) electrons. The third-order valence-corrected chi connectivity index (χ3v) is 4.41. The first-order valence-electron chi connectivity index (χ1n) is 5.25. The minimum atomic E-state index is 1.04. The summed E-state index contributed by atoms with van der Waals surface area (Å²) < 4.78 is 0. The van der Waals surface area contributed by atoms with Crippen LogP contribution in [0.5, 0.6) is 0 Å². The lowest BCUT2D eigenvalue weighted by Crippen LogP contribution is -2.43. The fraction of sp³-hybridized carbons (Fsp3) is 1.00. The highest BCUT2D eigenvalue weighted by molar-refractivity contribution is 5.00. The standard InChI is InChI=1S/C11H20/c1-4-9-8(3)11-7(2)5-6-10(9)11/h7-11H,4-6H2,1-3H3. The maximum absolute atomic E-state index is 2.47. The van der Waals surface area contributed by atoms with E-state index in [-0.39, 0.29) is 0 Å². The molecule has 0 nitrogen and oxygen atoms in total. The van der Waals surface area contributed by atoms with Gasteiger partial charge in [-0.15, -0.1) is 0 Å². The lowest BCUT2D eigenvalue weighted by atomic mass is 9.56. The van der Waals surface area contributed by atoms with E-state index in [0.717, 1.165) is 29.6 Å². The molecule has 0 spiro atoms. The van der Waals surface area contributed by atoms with E-state index in [4.69, 9.17) is 0 Å². The number of fused-ring (bicyclic) bond motifs is 1. The first-order valence-corrected chi connectivity index (χ1v) is 5.25. The van der Waals surface area contributed by atoms with Crippen molar-refractivity contribution in [3.8, 4) is 0 Å². The van der Waals surface area contributed by atoms with E-state index in [0.29, 0.717) is 0 Å². The molecule has 0 heteroatoms. The lowest BCUT2D eigenvalue weighted by molar-refractivity contribution is -0.00741. The minimum absolute atomic E-state index is 1.04. The summed E-state index contributed by atoms with van der Waals surface area (Å²) in [5.74, 6) is 5.41. The van der Waals surface area contributed by atoms with Crippen LogP contribution in [0.3, 0.4) is 0 Å². The average molecular weight is 152 g/mol. The quantitative estimate of drug-likeness (QED) is 0.540. The third kappa shape index (κ3) is 0.878. The number of rotatable bonds is 1. The SMILES string of the molecule is CCC1C(C)C2C(C)CCC12. The number of hydrogen-bond donors (Lipinski definition) is 0. The molecule has 2 saturated carbocycles. The van der Waals surface area contributed by atoms with Gasteiger partial charge in [-0.05, 0) is 36.0 Å². The smallest absolute Gasteiger partial charge is 0.0329 e. The second kappa shape index (κ2) is 2.50. The van der Waals surface area contributed by atoms with Crippen LogP contribution in [-0.2, 0) is 0 Å². The molecule has 5 atom stereocenters. The van der Waals surface area contributed by atoms with E-state index in [1.807, 2.05) is 0 Å². The van der Waals surface area contributed by atoms with Gasteiger partial charge in [-0.3, -0.25) is 0 Å². The van der Waals surface area contributed by atoms with Crippen LogP contribution in [0.4, 0.5) is 0 Å². The molecule has 64 valence electrons. The highest BCUT2D eigenvalue weighted by Gasteiger charge is 2.51. The first-order chi connectivity index (χ1) is 5.25. The Labute approximate surface area is 70.4 Å². The maximum atomic E-state index is 2.47. The molecule has 2 aliphatic carbocycles. The Bertz CT molecular complexity index is 150. The van der Waals surface area contributed by atoms with Crippen LogP contribution in [0.15, 0.2) is 0 Å². The van der Waals surface area contributed by atoms with Gasteiger partial charge in [0, 0.05) is 0 Å². The van der Waals surface area contributed by atoms with Gasteiger partial charge in [-0.25, -0.2) is 0 Å². The van der Waals surface area contributed by atoms with Gasteiger partial charge < -0.3 is 0 Å². The molecule has 0 saturated heterocycles. The van der Waals surface area contributed by atoms with Gasteiger partial charge in [0.25, 0.3) is 0 Å². The van der Waals surface area contributed by atoms with Crippen molar-refractivity contribution in [3.05, 3.63) is 0 Å². The molecule has 0 N–H and O–H groups in total. The Morgan fingerprint density at radius 1 is 1.18 bits per heavy atom. The fourth-order valence-electron chi connectivity index (χ4n) is 3.87. The van der Waals surface area contributed by atoms with Gasteiger partial charge in [0.05, 0.1) is 0 Å². The van der Waals surface area contributed by atoms with Crippen molar-refractivity contribution in [1.82, 2.24) is 0 Å². The maximum Gasteiger partial charge on any atom is -0.0329 e.